The summed E-state index contributed by atoms with van der Waals surface area (Å²) >= 11 is 0. The normalized spacial score (nSPS) is 11.8. The molecule has 1 N–H and O–H groups in total. The molecule has 0 amide bonds. The van der Waals surface area contributed by atoms with Crippen LogP contribution in [0.15, 0.2) is 30.3 Å². The molecule has 30 heavy (non-hydrogen) atoms. The molecule has 0 aliphatic carbocycles. The summed E-state index contributed by atoms with van der Waals surface area (Å²) in [5, 5.41) is 9.96. The first-order chi connectivity index (χ1) is 14.5. The van der Waals surface area contributed by atoms with Crippen molar-refractivity contribution in [3.05, 3.63) is 41.5 Å². The quantitative estimate of drug-likeness (QED) is 0.596. The summed E-state index contributed by atoms with van der Waals surface area (Å²) in [6, 6.07) is 7.37. The van der Waals surface area contributed by atoms with Crippen LogP contribution in [0.1, 0.15) is 18.1 Å². The van der Waals surface area contributed by atoms with Gasteiger partial charge in [-0.05, 0) is 42.3 Å². The zero-order chi connectivity index (χ0) is 22.1. The van der Waals surface area contributed by atoms with Gasteiger partial charge in [0, 0.05) is 6.42 Å². The topological polar surface area (TPSA) is 75.6 Å². The van der Waals surface area contributed by atoms with Gasteiger partial charge in [0.05, 0.1) is 42.2 Å². The number of benzene rings is 2. The van der Waals surface area contributed by atoms with Crippen molar-refractivity contribution >= 4 is 6.08 Å². The molecule has 0 fully saturated rings. The molecule has 2 rings (SSSR count). The van der Waals surface area contributed by atoms with Gasteiger partial charge in [-0.25, -0.2) is 0 Å². The molecule has 0 heterocycles. The first-order valence-electron chi connectivity index (χ1n) is 9.50. The van der Waals surface area contributed by atoms with Crippen molar-refractivity contribution in [2.24, 2.45) is 0 Å². The summed E-state index contributed by atoms with van der Waals surface area (Å²) in [7, 11) is 7.80. The fourth-order valence-electron chi connectivity index (χ4n) is 3.13. The molecule has 0 saturated heterocycles. The van der Waals surface area contributed by atoms with E-state index in [1.807, 2.05) is 43.3 Å². The maximum atomic E-state index is 9.96. The molecular formula is C23H30O7. The highest BCUT2D eigenvalue weighted by atomic mass is 16.5. The van der Waals surface area contributed by atoms with Gasteiger partial charge in [-0.2, -0.15) is 0 Å². The third-order valence-electron chi connectivity index (χ3n) is 4.52. The van der Waals surface area contributed by atoms with Crippen LogP contribution in [0.3, 0.4) is 0 Å². The van der Waals surface area contributed by atoms with Crippen LogP contribution < -0.4 is 28.4 Å². The number of rotatable bonds is 11. The Hall–Kier alpha value is -3.06. The molecule has 0 bridgehead atoms. The van der Waals surface area contributed by atoms with E-state index >= 15 is 0 Å². The predicted octanol–water partition coefficient (Wildman–Crippen LogP) is 3.75. The first kappa shape index (κ1) is 23.2. The van der Waals surface area contributed by atoms with Crippen LogP contribution in [-0.2, 0) is 6.42 Å². The van der Waals surface area contributed by atoms with E-state index in [-0.39, 0.29) is 6.61 Å². The molecule has 0 aromatic heterocycles. The van der Waals surface area contributed by atoms with E-state index < -0.39 is 6.10 Å². The van der Waals surface area contributed by atoms with Crippen LogP contribution in [0.2, 0.25) is 0 Å². The number of aliphatic hydroxyl groups excluding tert-OH is 1. The van der Waals surface area contributed by atoms with E-state index in [1.165, 1.54) is 0 Å². The molecule has 1 atom stereocenters. The SMILES string of the molecule is CC=Cc1cc(OC)c(OC(CO)Cc2cc(OC)c(OC)c(OC)c2)c(OC)c1. The van der Waals surface area contributed by atoms with Gasteiger partial charge in [-0.15, -0.1) is 0 Å². The van der Waals surface area contributed by atoms with Gasteiger partial charge in [-0.3, -0.25) is 0 Å². The highest BCUT2D eigenvalue weighted by molar-refractivity contribution is 5.62. The molecule has 0 spiro atoms. The summed E-state index contributed by atoms with van der Waals surface area (Å²) in [6.45, 7) is 1.72. The highest BCUT2D eigenvalue weighted by Gasteiger charge is 2.21. The smallest absolute Gasteiger partial charge is 0.203 e. The standard InChI is InChI=1S/C23H30O7/c1-7-8-15-10-20(27-4)23(21(11-15)28-5)30-17(14-24)9-16-12-18(25-2)22(29-6)19(13-16)26-3/h7-8,10-13,17,24H,9,14H2,1-6H3. The average molecular weight is 418 g/mol. The van der Waals surface area contributed by atoms with Crippen molar-refractivity contribution < 1.29 is 33.5 Å². The minimum absolute atomic E-state index is 0.209. The lowest BCUT2D eigenvalue weighted by molar-refractivity contribution is 0.109. The molecule has 164 valence electrons. The number of aliphatic hydroxyl groups is 1. The van der Waals surface area contributed by atoms with E-state index in [4.69, 9.17) is 28.4 Å². The van der Waals surface area contributed by atoms with Crippen molar-refractivity contribution in [3.63, 3.8) is 0 Å². The Morgan fingerprint density at radius 1 is 0.767 bits per heavy atom. The van der Waals surface area contributed by atoms with Crippen LogP contribution in [-0.4, -0.2) is 53.4 Å². The Kier molecular flexibility index (Phi) is 8.68. The lowest BCUT2D eigenvalue weighted by Crippen LogP contribution is -2.24. The summed E-state index contributed by atoms with van der Waals surface area (Å²) in [5.41, 5.74) is 1.77. The predicted molar refractivity (Wildman–Crippen MR) is 116 cm³/mol. The fourth-order valence-corrected chi connectivity index (χ4v) is 3.13. The zero-order valence-corrected chi connectivity index (χ0v) is 18.4. The van der Waals surface area contributed by atoms with Crippen LogP contribution >= 0.6 is 0 Å². The van der Waals surface area contributed by atoms with Crippen LogP contribution in [0.4, 0.5) is 0 Å². The number of hydrogen-bond donors (Lipinski definition) is 1. The average Bonchev–Trinajstić information content (AvgIpc) is 2.78. The third kappa shape index (κ3) is 5.30. The Bertz CT molecular complexity index is 811. The van der Waals surface area contributed by atoms with E-state index in [0.29, 0.717) is 40.9 Å². The van der Waals surface area contributed by atoms with Crippen molar-refractivity contribution in [2.75, 3.05) is 42.2 Å². The van der Waals surface area contributed by atoms with Crippen molar-refractivity contribution in [2.45, 2.75) is 19.4 Å². The largest absolute Gasteiger partial charge is 0.493 e. The van der Waals surface area contributed by atoms with Crippen LogP contribution in [0, 0.1) is 0 Å². The number of allylic oxidation sites excluding steroid dienone is 1. The number of hydrogen-bond acceptors (Lipinski definition) is 7. The summed E-state index contributed by atoms with van der Waals surface area (Å²) in [6.07, 6.45) is 3.71. The van der Waals surface area contributed by atoms with E-state index in [1.54, 1.807) is 35.5 Å². The molecule has 0 aliphatic heterocycles. The molecule has 0 radical (unpaired) electrons. The van der Waals surface area contributed by atoms with E-state index in [2.05, 4.69) is 0 Å². The molecule has 1 unspecified atom stereocenters. The Morgan fingerprint density at radius 2 is 1.27 bits per heavy atom. The Labute approximate surface area is 177 Å². The number of ether oxygens (including phenoxy) is 6. The second kappa shape index (κ2) is 11.2. The highest BCUT2D eigenvalue weighted by Crippen LogP contribution is 2.41. The van der Waals surface area contributed by atoms with Gasteiger partial charge < -0.3 is 33.5 Å². The van der Waals surface area contributed by atoms with Crippen molar-refractivity contribution in [1.82, 2.24) is 0 Å². The van der Waals surface area contributed by atoms with Gasteiger partial charge in [0.15, 0.2) is 23.0 Å². The van der Waals surface area contributed by atoms with Gasteiger partial charge in [-0.1, -0.05) is 12.2 Å². The first-order valence-corrected chi connectivity index (χ1v) is 9.50. The molecular weight excluding hydrogens is 388 g/mol. The van der Waals surface area contributed by atoms with Crippen LogP contribution in [0.25, 0.3) is 6.08 Å². The second-order valence-corrected chi connectivity index (χ2v) is 6.41. The Morgan fingerprint density at radius 3 is 1.67 bits per heavy atom. The molecule has 0 aliphatic rings. The monoisotopic (exact) mass is 418 g/mol. The molecule has 2 aromatic rings. The molecule has 7 heteroatoms. The minimum atomic E-state index is -0.553. The second-order valence-electron chi connectivity index (χ2n) is 6.41. The lowest BCUT2D eigenvalue weighted by atomic mass is 10.1. The Balaban J connectivity index is 2.36. The van der Waals surface area contributed by atoms with Crippen molar-refractivity contribution in [1.29, 1.82) is 0 Å². The molecule has 7 nitrogen and oxygen atoms in total. The maximum Gasteiger partial charge on any atom is 0.203 e. The van der Waals surface area contributed by atoms with Gasteiger partial charge in [0.25, 0.3) is 0 Å². The van der Waals surface area contributed by atoms with Crippen molar-refractivity contribution in [3.8, 4) is 34.5 Å². The third-order valence-corrected chi connectivity index (χ3v) is 4.52. The van der Waals surface area contributed by atoms with Gasteiger partial charge >= 0.3 is 0 Å². The zero-order valence-electron chi connectivity index (χ0n) is 18.4. The summed E-state index contributed by atoms with van der Waals surface area (Å²) in [5.74, 6) is 3.05. The van der Waals surface area contributed by atoms with Crippen LogP contribution in [0.5, 0.6) is 34.5 Å². The lowest BCUT2D eigenvalue weighted by Gasteiger charge is -2.22. The van der Waals surface area contributed by atoms with Gasteiger partial charge in [0.1, 0.15) is 6.10 Å². The minimum Gasteiger partial charge on any atom is -0.493 e. The summed E-state index contributed by atoms with van der Waals surface area (Å²) < 4.78 is 33.3. The number of methoxy groups -OCH3 is 5. The fraction of sp³-hybridized carbons (Fsp3) is 0.391. The van der Waals surface area contributed by atoms with Gasteiger partial charge in [0.2, 0.25) is 11.5 Å². The molecule has 2 aromatic carbocycles. The maximum absolute atomic E-state index is 9.96. The molecule has 0 saturated carbocycles. The van der Waals surface area contributed by atoms with E-state index in [0.717, 1.165) is 11.1 Å². The van der Waals surface area contributed by atoms with E-state index in [9.17, 15) is 5.11 Å². The summed E-state index contributed by atoms with van der Waals surface area (Å²) in [4.78, 5) is 0.